The lowest BCUT2D eigenvalue weighted by molar-refractivity contribution is -0.139. The Kier molecular flexibility index (Phi) is 4.27. The fraction of sp³-hybridized carbons (Fsp3) is 0.500. The predicted octanol–water partition coefficient (Wildman–Crippen LogP) is 3.82. The maximum atomic E-state index is 13.1. The molecule has 1 atom stereocenters. The Morgan fingerprint density at radius 2 is 2.06 bits per heavy atom. The maximum Gasteiger partial charge on any atom is 0.310 e. The number of hydrogen-bond acceptors (Lipinski definition) is 1. The molecule has 0 saturated heterocycles. The standard InChI is InChI=1S/C14H19FO2/c1-14(2,3)8-7-12(13(16)17)10-5-4-6-11(15)9-10/h4-6,9,12H,7-8H2,1-3H3,(H,16,17). The molecule has 0 amide bonds. The van der Waals surface area contributed by atoms with Gasteiger partial charge in [-0.3, -0.25) is 4.79 Å². The van der Waals surface area contributed by atoms with E-state index in [1.54, 1.807) is 12.1 Å². The Hall–Kier alpha value is -1.38. The van der Waals surface area contributed by atoms with Crippen molar-refractivity contribution in [2.24, 2.45) is 5.41 Å². The average molecular weight is 238 g/mol. The van der Waals surface area contributed by atoms with Crippen LogP contribution in [0.15, 0.2) is 24.3 Å². The van der Waals surface area contributed by atoms with Gasteiger partial charge in [0.25, 0.3) is 0 Å². The van der Waals surface area contributed by atoms with Crippen LogP contribution in [0.3, 0.4) is 0 Å². The Morgan fingerprint density at radius 1 is 1.41 bits per heavy atom. The van der Waals surface area contributed by atoms with Crippen LogP contribution in [0.5, 0.6) is 0 Å². The van der Waals surface area contributed by atoms with Crippen molar-refractivity contribution in [1.82, 2.24) is 0 Å². The van der Waals surface area contributed by atoms with Crippen LogP contribution in [0.2, 0.25) is 0 Å². The number of carbonyl (C=O) groups is 1. The van der Waals surface area contributed by atoms with Gasteiger partial charge in [0.2, 0.25) is 0 Å². The zero-order chi connectivity index (χ0) is 13.1. The van der Waals surface area contributed by atoms with E-state index in [9.17, 15) is 14.3 Å². The minimum Gasteiger partial charge on any atom is -0.481 e. The number of rotatable bonds is 4. The smallest absolute Gasteiger partial charge is 0.310 e. The topological polar surface area (TPSA) is 37.3 Å². The largest absolute Gasteiger partial charge is 0.481 e. The molecule has 0 aromatic heterocycles. The van der Waals surface area contributed by atoms with Gasteiger partial charge in [0, 0.05) is 0 Å². The van der Waals surface area contributed by atoms with Crippen LogP contribution in [0, 0.1) is 11.2 Å². The third-order valence-corrected chi connectivity index (χ3v) is 2.73. The van der Waals surface area contributed by atoms with E-state index in [0.717, 1.165) is 6.42 Å². The average Bonchev–Trinajstić information content (AvgIpc) is 2.15. The van der Waals surface area contributed by atoms with E-state index in [1.165, 1.54) is 12.1 Å². The van der Waals surface area contributed by atoms with Crippen LogP contribution in [-0.4, -0.2) is 11.1 Å². The van der Waals surface area contributed by atoms with Crippen molar-refractivity contribution in [2.75, 3.05) is 0 Å². The number of carboxylic acid groups (broad SMARTS) is 1. The number of aliphatic carboxylic acids is 1. The van der Waals surface area contributed by atoms with Gasteiger partial charge in [-0.25, -0.2) is 4.39 Å². The van der Waals surface area contributed by atoms with Crippen LogP contribution in [0.25, 0.3) is 0 Å². The molecular formula is C14H19FO2. The second kappa shape index (κ2) is 5.30. The highest BCUT2D eigenvalue weighted by atomic mass is 19.1. The lowest BCUT2D eigenvalue weighted by atomic mass is 9.84. The van der Waals surface area contributed by atoms with Gasteiger partial charge in [-0.05, 0) is 36.0 Å². The quantitative estimate of drug-likeness (QED) is 0.865. The Balaban J connectivity index is 2.83. The van der Waals surface area contributed by atoms with Crippen LogP contribution >= 0.6 is 0 Å². The summed E-state index contributed by atoms with van der Waals surface area (Å²) in [5.41, 5.74) is 0.628. The van der Waals surface area contributed by atoms with Gasteiger partial charge in [-0.1, -0.05) is 32.9 Å². The highest BCUT2D eigenvalue weighted by molar-refractivity contribution is 5.76. The monoisotopic (exact) mass is 238 g/mol. The molecule has 94 valence electrons. The van der Waals surface area contributed by atoms with E-state index >= 15 is 0 Å². The molecule has 0 fully saturated rings. The molecule has 3 heteroatoms. The zero-order valence-electron chi connectivity index (χ0n) is 10.5. The number of hydrogen-bond donors (Lipinski definition) is 1. The third kappa shape index (κ3) is 4.55. The molecule has 0 heterocycles. The molecule has 1 aromatic rings. The van der Waals surface area contributed by atoms with E-state index in [1.807, 2.05) is 0 Å². The summed E-state index contributed by atoms with van der Waals surface area (Å²) in [6.07, 6.45) is 1.32. The molecule has 1 rings (SSSR count). The molecule has 2 nitrogen and oxygen atoms in total. The molecule has 0 saturated carbocycles. The van der Waals surface area contributed by atoms with Gasteiger partial charge >= 0.3 is 5.97 Å². The molecule has 0 aliphatic rings. The first-order valence-corrected chi connectivity index (χ1v) is 5.78. The second-order valence-corrected chi connectivity index (χ2v) is 5.55. The molecule has 0 spiro atoms. The lowest BCUT2D eigenvalue weighted by Crippen LogP contribution is -2.15. The molecule has 0 aliphatic heterocycles. The fourth-order valence-electron chi connectivity index (χ4n) is 1.73. The molecule has 1 unspecified atom stereocenters. The summed E-state index contributed by atoms with van der Waals surface area (Å²) < 4.78 is 13.1. The van der Waals surface area contributed by atoms with Gasteiger partial charge in [0.05, 0.1) is 5.92 Å². The third-order valence-electron chi connectivity index (χ3n) is 2.73. The summed E-state index contributed by atoms with van der Waals surface area (Å²) >= 11 is 0. The van der Waals surface area contributed by atoms with E-state index in [0.29, 0.717) is 12.0 Å². The van der Waals surface area contributed by atoms with Crippen molar-refractivity contribution in [3.8, 4) is 0 Å². The van der Waals surface area contributed by atoms with Gasteiger partial charge in [0.15, 0.2) is 0 Å². The maximum absolute atomic E-state index is 13.1. The molecule has 0 aliphatic carbocycles. The van der Waals surface area contributed by atoms with Crippen molar-refractivity contribution < 1.29 is 14.3 Å². The summed E-state index contributed by atoms with van der Waals surface area (Å²) in [7, 11) is 0. The fourth-order valence-corrected chi connectivity index (χ4v) is 1.73. The first kappa shape index (κ1) is 13.7. The number of halogens is 1. The highest BCUT2D eigenvalue weighted by Gasteiger charge is 2.22. The summed E-state index contributed by atoms with van der Waals surface area (Å²) in [6, 6.07) is 5.86. The Labute approximate surface area is 101 Å². The number of benzene rings is 1. The predicted molar refractivity (Wildman–Crippen MR) is 65.5 cm³/mol. The highest BCUT2D eigenvalue weighted by Crippen LogP contribution is 2.29. The van der Waals surface area contributed by atoms with Crippen molar-refractivity contribution in [3.63, 3.8) is 0 Å². The van der Waals surface area contributed by atoms with Gasteiger partial charge in [0.1, 0.15) is 5.82 Å². The molecule has 0 bridgehead atoms. The summed E-state index contributed by atoms with van der Waals surface area (Å²) in [5.74, 6) is -1.89. The van der Waals surface area contributed by atoms with Gasteiger partial charge in [-0.15, -0.1) is 0 Å². The Bertz CT molecular complexity index is 393. The van der Waals surface area contributed by atoms with E-state index < -0.39 is 11.9 Å². The molecule has 1 aromatic carbocycles. The minimum atomic E-state index is -0.889. The van der Waals surface area contributed by atoms with Gasteiger partial charge in [-0.2, -0.15) is 0 Å². The summed E-state index contributed by atoms with van der Waals surface area (Å²) in [4.78, 5) is 11.2. The SMILES string of the molecule is CC(C)(C)CCC(C(=O)O)c1cccc(F)c1. The van der Waals surface area contributed by atoms with E-state index in [-0.39, 0.29) is 11.2 Å². The van der Waals surface area contributed by atoms with Crippen molar-refractivity contribution in [1.29, 1.82) is 0 Å². The normalized spacial score (nSPS) is 13.4. The van der Waals surface area contributed by atoms with E-state index in [4.69, 9.17) is 0 Å². The molecule has 1 N–H and O–H groups in total. The van der Waals surface area contributed by atoms with Gasteiger partial charge < -0.3 is 5.11 Å². The number of carboxylic acids is 1. The van der Waals surface area contributed by atoms with Crippen molar-refractivity contribution in [3.05, 3.63) is 35.6 Å². The van der Waals surface area contributed by atoms with Crippen molar-refractivity contribution >= 4 is 5.97 Å². The first-order valence-electron chi connectivity index (χ1n) is 5.78. The van der Waals surface area contributed by atoms with Crippen LogP contribution in [0.4, 0.5) is 4.39 Å². The first-order chi connectivity index (χ1) is 7.79. The second-order valence-electron chi connectivity index (χ2n) is 5.55. The van der Waals surface area contributed by atoms with E-state index in [2.05, 4.69) is 20.8 Å². The molecule has 0 radical (unpaired) electrons. The van der Waals surface area contributed by atoms with Crippen LogP contribution in [0.1, 0.15) is 45.1 Å². The summed E-state index contributed by atoms with van der Waals surface area (Å²) in [6.45, 7) is 6.20. The molecule has 17 heavy (non-hydrogen) atoms. The van der Waals surface area contributed by atoms with Crippen LogP contribution < -0.4 is 0 Å². The molecular weight excluding hydrogens is 219 g/mol. The minimum absolute atomic E-state index is 0.0844. The van der Waals surface area contributed by atoms with Crippen LogP contribution in [-0.2, 0) is 4.79 Å². The zero-order valence-corrected chi connectivity index (χ0v) is 10.5. The lowest BCUT2D eigenvalue weighted by Gasteiger charge is -2.21. The summed E-state index contributed by atoms with van der Waals surface area (Å²) in [5, 5.41) is 9.19. The Morgan fingerprint density at radius 3 is 2.53 bits per heavy atom. The van der Waals surface area contributed by atoms with Crippen molar-refractivity contribution in [2.45, 2.75) is 39.5 Å².